The van der Waals surface area contributed by atoms with Crippen LogP contribution in [0.2, 0.25) is 0 Å². The molecule has 1 atom stereocenters. The summed E-state index contributed by atoms with van der Waals surface area (Å²) in [5, 5.41) is 6.75. The molecule has 2 aliphatic rings. The summed E-state index contributed by atoms with van der Waals surface area (Å²) in [5.74, 6) is 0.694. The van der Waals surface area contributed by atoms with Crippen LogP contribution < -0.4 is 10.7 Å². The molecule has 1 aliphatic heterocycles. The first-order valence-electron chi connectivity index (χ1n) is 12.6. The van der Waals surface area contributed by atoms with E-state index in [0.29, 0.717) is 30.9 Å². The molecule has 0 fully saturated rings. The second-order valence-corrected chi connectivity index (χ2v) is 9.16. The van der Waals surface area contributed by atoms with Gasteiger partial charge < -0.3 is 5.73 Å². The number of nitrogen functional groups attached to an aromatic ring is 1. The minimum atomic E-state index is -2.26. The smallest absolute Gasteiger partial charge is 0.238 e. The van der Waals surface area contributed by atoms with Crippen molar-refractivity contribution in [1.29, 1.82) is 0 Å². The van der Waals surface area contributed by atoms with Crippen LogP contribution in [0.15, 0.2) is 80.6 Å². The summed E-state index contributed by atoms with van der Waals surface area (Å²) in [6.45, 7) is 10.5. The molecule has 1 aromatic carbocycles. The molecule has 0 amide bonds. The van der Waals surface area contributed by atoms with Crippen molar-refractivity contribution >= 4 is 30.0 Å². The van der Waals surface area contributed by atoms with Gasteiger partial charge in [0.2, 0.25) is 6.43 Å². The number of halogens is 2. The zero-order chi connectivity index (χ0) is 26.1. The van der Waals surface area contributed by atoms with E-state index in [1.165, 1.54) is 12.0 Å². The molecular weight excluding hydrogens is 456 g/mol. The largest absolute Gasteiger partial charge is 0.398 e. The van der Waals surface area contributed by atoms with Gasteiger partial charge in [-0.3, -0.25) is 9.98 Å². The Kier molecular flexibility index (Phi) is 9.91. The van der Waals surface area contributed by atoms with Crippen LogP contribution in [0.1, 0.15) is 63.9 Å². The van der Waals surface area contributed by atoms with E-state index in [0.717, 1.165) is 53.2 Å². The third kappa shape index (κ3) is 6.65. The lowest BCUT2D eigenvalue weighted by molar-refractivity contribution is 0.135. The number of allylic oxidation sites excluding steroid dienone is 5. The molecule has 0 aromatic heterocycles. The first kappa shape index (κ1) is 27.2. The van der Waals surface area contributed by atoms with Crippen molar-refractivity contribution in [1.82, 2.24) is 0 Å². The van der Waals surface area contributed by atoms with E-state index >= 15 is 0 Å². The molecule has 0 saturated carbocycles. The molecule has 1 aliphatic carbocycles. The third-order valence-electron chi connectivity index (χ3n) is 6.71. The van der Waals surface area contributed by atoms with Gasteiger partial charge in [-0.2, -0.15) is 5.10 Å². The Balaban J connectivity index is 1.99. The lowest BCUT2D eigenvalue weighted by Crippen LogP contribution is -2.27. The van der Waals surface area contributed by atoms with Crippen LogP contribution in [0.5, 0.6) is 0 Å². The Morgan fingerprint density at radius 1 is 1.31 bits per heavy atom. The Bertz CT molecular complexity index is 1110. The summed E-state index contributed by atoms with van der Waals surface area (Å²) in [4.78, 5) is 8.51. The third-order valence-corrected chi connectivity index (χ3v) is 6.71. The van der Waals surface area contributed by atoms with Gasteiger partial charge in [-0.05, 0) is 68.5 Å². The SMILES string of the molecule is C=NC1=C(C2=CCC(CC)CC2)C(=C)N(c2ccc(N)c(C=NC)c2)N=C1C/C=C\CCCC(F)F. The van der Waals surface area contributed by atoms with Crippen LogP contribution >= 0.6 is 0 Å². The second-order valence-electron chi connectivity index (χ2n) is 9.16. The number of nitrogens with zero attached hydrogens (tertiary/aromatic N) is 4. The number of rotatable bonds is 11. The Morgan fingerprint density at radius 2 is 2.11 bits per heavy atom. The number of hydrogen-bond acceptors (Lipinski definition) is 5. The van der Waals surface area contributed by atoms with Gasteiger partial charge in [0, 0.05) is 42.9 Å². The summed E-state index contributed by atoms with van der Waals surface area (Å²) >= 11 is 0. The molecule has 192 valence electrons. The molecular formula is C29H37F2N5. The van der Waals surface area contributed by atoms with Gasteiger partial charge in [0.25, 0.3) is 0 Å². The highest BCUT2D eigenvalue weighted by molar-refractivity contribution is 6.05. The molecule has 2 N–H and O–H groups in total. The summed E-state index contributed by atoms with van der Waals surface area (Å²) < 4.78 is 24.9. The molecule has 36 heavy (non-hydrogen) atoms. The minimum absolute atomic E-state index is 0.0875. The summed E-state index contributed by atoms with van der Waals surface area (Å²) in [6, 6.07) is 5.70. The molecule has 1 heterocycles. The highest BCUT2D eigenvalue weighted by Crippen LogP contribution is 2.40. The van der Waals surface area contributed by atoms with Crippen LogP contribution in [0.25, 0.3) is 0 Å². The van der Waals surface area contributed by atoms with E-state index in [4.69, 9.17) is 10.8 Å². The number of nitrogens with two attached hydrogens (primary N) is 1. The normalized spacial score (nSPS) is 19.0. The number of alkyl halides is 2. The average molecular weight is 494 g/mol. The minimum Gasteiger partial charge on any atom is -0.398 e. The van der Waals surface area contributed by atoms with E-state index in [-0.39, 0.29) is 6.42 Å². The van der Waals surface area contributed by atoms with Crippen LogP contribution in [0.4, 0.5) is 20.2 Å². The highest BCUT2D eigenvalue weighted by atomic mass is 19.3. The predicted molar refractivity (Wildman–Crippen MR) is 149 cm³/mol. The van der Waals surface area contributed by atoms with Gasteiger partial charge in [0.05, 0.1) is 22.8 Å². The van der Waals surface area contributed by atoms with Crippen molar-refractivity contribution in [2.45, 2.75) is 64.7 Å². The van der Waals surface area contributed by atoms with Crippen molar-refractivity contribution in [3.63, 3.8) is 0 Å². The lowest BCUT2D eigenvalue weighted by atomic mass is 9.83. The fraction of sp³-hybridized carbons (Fsp3) is 0.414. The summed E-state index contributed by atoms with van der Waals surface area (Å²) in [6.07, 6.45) is 11.4. The molecule has 3 rings (SSSR count). The number of hydrogen-bond donors (Lipinski definition) is 1. The monoisotopic (exact) mass is 493 g/mol. The van der Waals surface area contributed by atoms with Crippen molar-refractivity contribution in [2.24, 2.45) is 21.0 Å². The standard InChI is InChI=1S/C29H37F2N5/c1-5-21-12-14-22(15-13-21)28-20(2)36(24-16-17-25(32)23(18-24)19-33-3)35-26(29(28)34-4)10-8-6-7-9-11-27(30)31/h6,8,14,16-19,21,27H,2,4-5,7,9-13,15,32H2,1,3H3/b8-6-,33-19?. The van der Waals surface area contributed by atoms with E-state index in [1.54, 1.807) is 13.3 Å². The zero-order valence-electron chi connectivity index (χ0n) is 21.4. The van der Waals surface area contributed by atoms with E-state index in [9.17, 15) is 8.78 Å². The maximum Gasteiger partial charge on any atom is 0.238 e. The topological polar surface area (TPSA) is 66.3 Å². The van der Waals surface area contributed by atoms with E-state index < -0.39 is 6.43 Å². The van der Waals surface area contributed by atoms with E-state index in [2.05, 4.69) is 36.3 Å². The first-order chi connectivity index (χ1) is 17.4. The molecule has 7 heteroatoms. The molecule has 0 bridgehead atoms. The maximum absolute atomic E-state index is 12.4. The van der Waals surface area contributed by atoms with Gasteiger partial charge in [-0.1, -0.05) is 38.2 Å². The second kappa shape index (κ2) is 13.1. The van der Waals surface area contributed by atoms with Crippen LogP contribution in [-0.4, -0.2) is 32.1 Å². The van der Waals surface area contributed by atoms with Crippen molar-refractivity contribution < 1.29 is 8.78 Å². The number of aliphatic imine (C=N–C) groups is 2. The summed E-state index contributed by atoms with van der Waals surface area (Å²) in [5.41, 5.74) is 12.8. The maximum atomic E-state index is 12.4. The quantitative estimate of drug-likeness (QED) is 0.150. The first-order valence-corrected chi connectivity index (χ1v) is 12.6. The zero-order valence-corrected chi connectivity index (χ0v) is 21.4. The lowest BCUT2D eigenvalue weighted by Gasteiger charge is -2.33. The van der Waals surface area contributed by atoms with Gasteiger partial charge in [-0.25, -0.2) is 13.8 Å². The van der Waals surface area contributed by atoms with E-state index in [1.807, 2.05) is 35.4 Å². The molecule has 5 nitrogen and oxygen atoms in total. The molecule has 0 saturated heterocycles. The molecule has 1 unspecified atom stereocenters. The van der Waals surface area contributed by atoms with Gasteiger partial charge in [-0.15, -0.1) is 0 Å². The average Bonchev–Trinajstić information content (AvgIpc) is 2.87. The van der Waals surface area contributed by atoms with Crippen LogP contribution in [0, 0.1) is 5.92 Å². The predicted octanol–water partition coefficient (Wildman–Crippen LogP) is 7.48. The molecule has 0 radical (unpaired) electrons. The van der Waals surface area contributed by atoms with Crippen molar-refractivity contribution in [3.05, 3.63) is 71.1 Å². The number of hydrazone groups is 1. The fourth-order valence-corrected chi connectivity index (χ4v) is 4.61. The van der Waals surface area contributed by atoms with Crippen LogP contribution in [-0.2, 0) is 0 Å². The Morgan fingerprint density at radius 3 is 2.75 bits per heavy atom. The molecule has 1 aromatic rings. The van der Waals surface area contributed by atoms with Gasteiger partial charge in [0.1, 0.15) is 0 Å². The summed E-state index contributed by atoms with van der Waals surface area (Å²) in [7, 11) is 1.71. The number of unbranched alkanes of at least 4 members (excludes halogenated alkanes) is 1. The number of benzene rings is 1. The number of anilines is 2. The van der Waals surface area contributed by atoms with Crippen LogP contribution in [0.3, 0.4) is 0 Å². The van der Waals surface area contributed by atoms with Crippen molar-refractivity contribution in [3.8, 4) is 0 Å². The Hall–Kier alpha value is -3.35. The highest BCUT2D eigenvalue weighted by Gasteiger charge is 2.29. The fourth-order valence-electron chi connectivity index (χ4n) is 4.61. The van der Waals surface area contributed by atoms with Crippen molar-refractivity contribution in [2.75, 3.05) is 17.8 Å². The Labute approximate surface area is 213 Å². The van der Waals surface area contributed by atoms with Gasteiger partial charge >= 0.3 is 0 Å². The van der Waals surface area contributed by atoms with Gasteiger partial charge in [0.15, 0.2) is 0 Å². The molecule has 0 spiro atoms.